The molecule has 0 fully saturated rings. The van der Waals surface area contributed by atoms with Gasteiger partial charge in [-0.15, -0.1) is 0 Å². The predicted molar refractivity (Wildman–Crippen MR) is 64.9 cm³/mol. The number of nitrogens with one attached hydrogen (secondary N) is 1. The second-order valence-electron chi connectivity index (χ2n) is 4.93. The SMILES string of the molecule is CC(C)(O)C(C)(C)Nc1cccc(N)c1. The molecular formula is C12H20N2O. The lowest BCUT2D eigenvalue weighted by atomic mass is 9.86. The summed E-state index contributed by atoms with van der Waals surface area (Å²) in [5.74, 6) is 0. The van der Waals surface area contributed by atoms with Gasteiger partial charge in [-0.2, -0.15) is 0 Å². The number of hydrogen-bond acceptors (Lipinski definition) is 3. The van der Waals surface area contributed by atoms with Crippen molar-refractivity contribution in [2.24, 2.45) is 0 Å². The molecule has 0 saturated heterocycles. The fraction of sp³-hybridized carbons (Fsp3) is 0.500. The molecule has 3 nitrogen and oxygen atoms in total. The van der Waals surface area contributed by atoms with Crippen LogP contribution in [0.1, 0.15) is 27.7 Å². The molecule has 0 aromatic heterocycles. The Bertz CT molecular complexity index is 340. The van der Waals surface area contributed by atoms with Crippen LogP contribution < -0.4 is 11.1 Å². The number of anilines is 2. The van der Waals surface area contributed by atoms with Crippen molar-refractivity contribution in [3.63, 3.8) is 0 Å². The van der Waals surface area contributed by atoms with E-state index in [-0.39, 0.29) is 0 Å². The maximum absolute atomic E-state index is 9.98. The zero-order valence-corrected chi connectivity index (χ0v) is 9.83. The van der Waals surface area contributed by atoms with Crippen LogP contribution in [0.15, 0.2) is 24.3 Å². The molecule has 0 bridgehead atoms. The smallest absolute Gasteiger partial charge is 0.0814 e. The van der Waals surface area contributed by atoms with Crippen molar-refractivity contribution < 1.29 is 5.11 Å². The molecule has 1 aromatic rings. The summed E-state index contributed by atoms with van der Waals surface area (Å²) in [6.45, 7) is 7.48. The number of aliphatic hydroxyl groups is 1. The van der Waals surface area contributed by atoms with Gasteiger partial charge in [-0.25, -0.2) is 0 Å². The lowest BCUT2D eigenvalue weighted by molar-refractivity contribution is 0.0240. The van der Waals surface area contributed by atoms with E-state index in [1.54, 1.807) is 13.8 Å². The van der Waals surface area contributed by atoms with Crippen LogP contribution in [0, 0.1) is 0 Å². The third kappa shape index (κ3) is 2.86. The molecular weight excluding hydrogens is 188 g/mol. The van der Waals surface area contributed by atoms with Crippen molar-refractivity contribution in [2.45, 2.75) is 38.8 Å². The normalized spacial score (nSPS) is 12.6. The van der Waals surface area contributed by atoms with Crippen molar-refractivity contribution >= 4 is 11.4 Å². The van der Waals surface area contributed by atoms with Gasteiger partial charge in [0.25, 0.3) is 0 Å². The van der Waals surface area contributed by atoms with E-state index in [1.807, 2.05) is 38.1 Å². The van der Waals surface area contributed by atoms with Gasteiger partial charge in [0.1, 0.15) is 0 Å². The zero-order valence-electron chi connectivity index (χ0n) is 9.83. The molecule has 0 radical (unpaired) electrons. The fourth-order valence-corrected chi connectivity index (χ4v) is 1.13. The third-order valence-corrected chi connectivity index (χ3v) is 2.87. The lowest BCUT2D eigenvalue weighted by Crippen LogP contribution is -2.51. The van der Waals surface area contributed by atoms with Gasteiger partial charge in [0.05, 0.1) is 11.1 Å². The Kier molecular flexibility index (Phi) is 2.95. The Hall–Kier alpha value is -1.22. The quantitative estimate of drug-likeness (QED) is 0.668. The highest BCUT2D eigenvalue weighted by Crippen LogP contribution is 2.26. The summed E-state index contributed by atoms with van der Waals surface area (Å²) in [5, 5.41) is 13.3. The summed E-state index contributed by atoms with van der Waals surface area (Å²) < 4.78 is 0. The molecule has 0 aliphatic heterocycles. The number of rotatable bonds is 3. The van der Waals surface area contributed by atoms with E-state index >= 15 is 0 Å². The molecule has 1 rings (SSSR count). The van der Waals surface area contributed by atoms with Crippen LogP contribution in [-0.2, 0) is 0 Å². The molecule has 1 aromatic carbocycles. The number of nitrogen functional groups attached to an aromatic ring is 1. The molecule has 4 N–H and O–H groups in total. The maximum Gasteiger partial charge on any atom is 0.0814 e. The van der Waals surface area contributed by atoms with Gasteiger partial charge in [0, 0.05) is 11.4 Å². The molecule has 0 heterocycles. The van der Waals surface area contributed by atoms with Gasteiger partial charge >= 0.3 is 0 Å². The van der Waals surface area contributed by atoms with Crippen molar-refractivity contribution in [1.29, 1.82) is 0 Å². The monoisotopic (exact) mass is 208 g/mol. The van der Waals surface area contributed by atoms with Crippen LogP contribution in [-0.4, -0.2) is 16.2 Å². The Morgan fingerprint density at radius 2 is 1.80 bits per heavy atom. The highest BCUT2D eigenvalue weighted by atomic mass is 16.3. The first-order valence-corrected chi connectivity index (χ1v) is 5.08. The lowest BCUT2D eigenvalue weighted by Gasteiger charge is -2.38. The molecule has 0 aliphatic carbocycles. The zero-order chi connectivity index (χ0) is 11.7. The predicted octanol–water partition coefficient (Wildman–Crippen LogP) is 2.23. The summed E-state index contributed by atoms with van der Waals surface area (Å²) in [7, 11) is 0. The van der Waals surface area contributed by atoms with Crippen molar-refractivity contribution in [2.75, 3.05) is 11.1 Å². The summed E-state index contributed by atoms with van der Waals surface area (Å²) in [6, 6.07) is 7.51. The Balaban J connectivity index is 2.87. The summed E-state index contributed by atoms with van der Waals surface area (Å²) in [6.07, 6.45) is 0. The van der Waals surface area contributed by atoms with Gasteiger partial charge < -0.3 is 16.2 Å². The first-order valence-electron chi connectivity index (χ1n) is 5.08. The average molecular weight is 208 g/mol. The minimum Gasteiger partial charge on any atom is -0.399 e. The Morgan fingerprint density at radius 1 is 1.20 bits per heavy atom. The largest absolute Gasteiger partial charge is 0.399 e. The molecule has 0 unspecified atom stereocenters. The molecule has 0 aliphatic rings. The number of benzene rings is 1. The molecule has 0 saturated carbocycles. The van der Waals surface area contributed by atoms with E-state index < -0.39 is 11.1 Å². The van der Waals surface area contributed by atoms with Gasteiger partial charge in [-0.1, -0.05) is 6.07 Å². The molecule has 15 heavy (non-hydrogen) atoms. The van der Waals surface area contributed by atoms with Crippen LogP contribution >= 0.6 is 0 Å². The number of nitrogens with two attached hydrogens (primary N) is 1. The van der Waals surface area contributed by atoms with Crippen molar-refractivity contribution in [3.8, 4) is 0 Å². The van der Waals surface area contributed by atoms with Crippen molar-refractivity contribution in [3.05, 3.63) is 24.3 Å². The topological polar surface area (TPSA) is 58.3 Å². The fourth-order valence-electron chi connectivity index (χ4n) is 1.13. The molecule has 84 valence electrons. The summed E-state index contributed by atoms with van der Waals surface area (Å²) >= 11 is 0. The minimum absolute atomic E-state index is 0.416. The van der Waals surface area contributed by atoms with E-state index in [0.29, 0.717) is 5.69 Å². The Morgan fingerprint density at radius 3 is 2.27 bits per heavy atom. The van der Waals surface area contributed by atoms with E-state index in [4.69, 9.17) is 5.73 Å². The Labute approximate surface area is 91.3 Å². The van der Waals surface area contributed by atoms with Crippen LogP contribution in [0.5, 0.6) is 0 Å². The summed E-state index contributed by atoms with van der Waals surface area (Å²) in [4.78, 5) is 0. The third-order valence-electron chi connectivity index (χ3n) is 2.87. The van der Waals surface area contributed by atoms with E-state index in [2.05, 4.69) is 5.32 Å². The minimum atomic E-state index is -0.808. The second kappa shape index (κ2) is 3.74. The average Bonchev–Trinajstić information content (AvgIpc) is 2.00. The second-order valence-corrected chi connectivity index (χ2v) is 4.93. The van der Waals surface area contributed by atoms with E-state index in [9.17, 15) is 5.11 Å². The van der Waals surface area contributed by atoms with Crippen LogP contribution in [0.3, 0.4) is 0 Å². The van der Waals surface area contributed by atoms with E-state index in [0.717, 1.165) is 5.69 Å². The molecule has 0 spiro atoms. The highest BCUT2D eigenvalue weighted by molar-refractivity contribution is 5.55. The van der Waals surface area contributed by atoms with E-state index in [1.165, 1.54) is 0 Å². The first-order chi connectivity index (χ1) is 6.72. The van der Waals surface area contributed by atoms with Gasteiger partial charge in [0.15, 0.2) is 0 Å². The molecule has 3 heteroatoms. The first kappa shape index (κ1) is 11.9. The van der Waals surface area contributed by atoms with Gasteiger partial charge in [0.2, 0.25) is 0 Å². The summed E-state index contributed by atoms with van der Waals surface area (Å²) in [5.41, 5.74) is 6.09. The maximum atomic E-state index is 9.98. The standard InChI is InChI=1S/C12H20N2O/c1-11(2,12(3,4)15)14-10-7-5-6-9(13)8-10/h5-8,14-15H,13H2,1-4H3. The van der Waals surface area contributed by atoms with Crippen LogP contribution in [0.4, 0.5) is 11.4 Å². The molecule has 0 atom stereocenters. The van der Waals surface area contributed by atoms with Gasteiger partial charge in [-0.3, -0.25) is 0 Å². The number of hydrogen-bond donors (Lipinski definition) is 3. The highest BCUT2D eigenvalue weighted by Gasteiger charge is 2.34. The van der Waals surface area contributed by atoms with Crippen LogP contribution in [0.2, 0.25) is 0 Å². The van der Waals surface area contributed by atoms with Crippen LogP contribution in [0.25, 0.3) is 0 Å². The van der Waals surface area contributed by atoms with Gasteiger partial charge in [-0.05, 0) is 45.9 Å². The molecule has 0 amide bonds. The van der Waals surface area contributed by atoms with Crippen molar-refractivity contribution in [1.82, 2.24) is 0 Å².